The van der Waals surface area contributed by atoms with E-state index in [4.69, 9.17) is 14.2 Å². The highest BCUT2D eigenvalue weighted by atomic mass is 16.6. The van der Waals surface area contributed by atoms with Gasteiger partial charge in [0.15, 0.2) is 6.10 Å². The maximum absolute atomic E-state index is 12.9. The van der Waals surface area contributed by atoms with Crippen molar-refractivity contribution in [3.05, 3.63) is 72.9 Å². The Balaban J connectivity index is 4.36. The number of allylic oxidation sites excluding steroid dienone is 12. The van der Waals surface area contributed by atoms with Crippen LogP contribution in [0, 0.1) is 0 Å². The molecule has 0 aliphatic heterocycles. The van der Waals surface area contributed by atoms with Gasteiger partial charge in [-0.05, 0) is 109 Å². The van der Waals surface area contributed by atoms with Gasteiger partial charge in [-0.3, -0.25) is 14.4 Å². The molecule has 76 heavy (non-hydrogen) atoms. The Kier molecular flexibility index (Phi) is 61.7. The van der Waals surface area contributed by atoms with Gasteiger partial charge in [-0.25, -0.2) is 0 Å². The molecule has 0 aromatic heterocycles. The monoisotopic (exact) mass is 1060 g/mol. The summed E-state index contributed by atoms with van der Waals surface area (Å²) in [5.41, 5.74) is 0. The predicted molar refractivity (Wildman–Crippen MR) is 330 cm³/mol. The van der Waals surface area contributed by atoms with Crippen LogP contribution >= 0.6 is 0 Å². The molecule has 0 bridgehead atoms. The first-order chi connectivity index (χ1) is 37.5. The average molecular weight is 1060 g/mol. The molecule has 6 nitrogen and oxygen atoms in total. The maximum Gasteiger partial charge on any atom is 0.306 e. The van der Waals surface area contributed by atoms with Crippen LogP contribution in [0.25, 0.3) is 0 Å². The zero-order chi connectivity index (χ0) is 55.0. The van der Waals surface area contributed by atoms with Crippen LogP contribution in [-0.4, -0.2) is 37.2 Å². The van der Waals surface area contributed by atoms with Gasteiger partial charge in [0, 0.05) is 19.3 Å². The van der Waals surface area contributed by atoms with E-state index >= 15 is 0 Å². The molecule has 1 unspecified atom stereocenters. The summed E-state index contributed by atoms with van der Waals surface area (Å²) < 4.78 is 16.9. The molecule has 0 aromatic carbocycles. The lowest BCUT2D eigenvalue weighted by Gasteiger charge is -2.18. The standard InChI is InChI=1S/C70H124O6/c1-4-7-10-13-16-19-22-25-28-31-33-34-35-36-38-39-42-45-48-51-54-57-60-63-69(72)75-66-67(65-74-68(71)62-59-56-53-50-47-44-41-30-27-24-21-18-15-12-9-6-3)76-70(73)64-61-58-55-52-49-46-43-40-37-32-29-26-23-20-17-14-11-8-5-2/h8,11,17,20,26,29-31,33,37,40-41,67H,4-7,9-10,12-16,18-19,21-25,27-28,32,34-36,38-39,42-66H2,1-3H3/b11-8-,20-17-,29-26-,33-31-,40-37-,41-30-. The van der Waals surface area contributed by atoms with Crippen molar-refractivity contribution in [1.82, 2.24) is 0 Å². The molecular formula is C70H124O6. The summed E-state index contributed by atoms with van der Waals surface area (Å²) >= 11 is 0. The second-order valence-electron chi connectivity index (χ2n) is 22.0. The molecule has 0 saturated carbocycles. The van der Waals surface area contributed by atoms with Crippen molar-refractivity contribution in [3.8, 4) is 0 Å². The lowest BCUT2D eigenvalue weighted by Crippen LogP contribution is -2.30. The number of unbranched alkanes of at least 4 members (excludes halogenated alkanes) is 37. The molecule has 6 heteroatoms. The number of hydrogen-bond donors (Lipinski definition) is 0. The minimum atomic E-state index is -0.788. The Bertz CT molecular complexity index is 1400. The zero-order valence-corrected chi connectivity index (χ0v) is 50.5. The lowest BCUT2D eigenvalue weighted by molar-refractivity contribution is -0.167. The van der Waals surface area contributed by atoms with Crippen molar-refractivity contribution < 1.29 is 28.6 Å². The number of esters is 3. The van der Waals surface area contributed by atoms with Gasteiger partial charge in [0.1, 0.15) is 13.2 Å². The van der Waals surface area contributed by atoms with Crippen LogP contribution in [0.1, 0.15) is 335 Å². The van der Waals surface area contributed by atoms with Gasteiger partial charge in [-0.1, -0.05) is 280 Å². The summed E-state index contributed by atoms with van der Waals surface area (Å²) in [7, 11) is 0. The highest BCUT2D eigenvalue weighted by Gasteiger charge is 2.19. The minimum absolute atomic E-state index is 0.0827. The van der Waals surface area contributed by atoms with Gasteiger partial charge < -0.3 is 14.2 Å². The predicted octanol–water partition coefficient (Wildman–Crippen LogP) is 22.5. The van der Waals surface area contributed by atoms with Gasteiger partial charge in [0.25, 0.3) is 0 Å². The van der Waals surface area contributed by atoms with Crippen molar-refractivity contribution >= 4 is 17.9 Å². The summed E-state index contributed by atoms with van der Waals surface area (Å²) in [6.45, 7) is 6.55. The molecule has 0 radical (unpaired) electrons. The van der Waals surface area contributed by atoms with Crippen molar-refractivity contribution in [2.75, 3.05) is 13.2 Å². The second-order valence-corrected chi connectivity index (χ2v) is 22.0. The number of rotatable bonds is 60. The van der Waals surface area contributed by atoms with Crippen molar-refractivity contribution in [1.29, 1.82) is 0 Å². The van der Waals surface area contributed by atoms with E-state index in [0.29, 0.717) is 19.3 Å². The Labute approximate surface area is 472 Å². The molecule has 0 aliphatic carbocycles. The molecule has 440 valence electrons. The molecule has 0 fully saturated rings. The molecule has 0 rings (SSSR count). The largest absolute Gasteiger partial charge is 0.462 e. The van der Waals surface area contributed by atoms with Crippen LogP contribution in [0.2, 0.25) is 0 Å². The fourth-order valence-corrected chi connectivity index (χ4v) is 9.48. The molecule has 0 saturated heterocycles. The van der Waals surface area contributed by atoms with Crippen LogP contribution in [0.15, 0.2) is 72.9 Å². The SMILES string of the molecule is CC/C=C\C/C=C\C/C=C\C/C=C\CCCCCCCCC(=O)OC(COC(=O)CCCCCCC/C=C\CCCCCCCCC)COC(=O)CCCCCCCCCCCCC/C=C\CCCCCCCCCC. The summed E-state index contributed by atoms with van der Waals surface area (Å²) in [5.74, 6) is -0.890. The molecule has 1 atom stereocenters. The van der Waals surface area contributed by atoms with Crippen LogP contribution in [0.4, 0.5) is 0 Å². The highest BCUT2D eigenvalue weighted by Crippen LogP contribution is 2.16. The number of carbonyl (C=O) groups excluding carboxylic acids is 3. The smallest absolute Gasteiger partial charge is 0.306 e. The summed E-state index contributed by atoms with van der Waals surface area (Å²) in [5, 5.41) is 0. The van der Waals surface area contributed by atoms with Crippen LogP contribution in [0.5, 0.6) is 0 Å². The quantitative estimate of drug-likeness (QED) is 0.0261. The van der Waals surface area contributed by atoms with E-state index in [1.807, 2.05) is 0 Å². The van der Waals surface area contributed by atoms with E-state index < -0.39 is 6.10 Å². The first-order valence-electron chi connectivity index (χ1n) is 32.9. The van der Waals surface area contributed by atoms with Crippen LogP contribution in [0.3, 0.4) is 0 Å². The van der Waals surface area contributed by atoms with E-state index in [2.05, 4.69) is 93.7 Å². The Morgan fingerprint density at radius 2 is 0.513 bits per heavy atom. The first kappa shape index (κ1) is 72.8. The third-order valence-corrected chi connectivity index (χ3v) is 14.4. The van der Waals surface area contributed by atoms with Gasteiger partial charge in [-0.2, -0.15) is 0 Å². The highest BCUT2D eigenvalue weighted by molar-refractivity contribution is 5.71. The van der Waals surface area contributed by atoms with Gasteiger partial charge >= 0.3 is 17.9 Å². The fourth-order valence-electron chi connectivity index (χ4n) is 9.48. The summed E-state index contributed by atoms with van der Waals surface area (Å²) in [6.07, 6.45) is 83.4. The Hall–Kier alpha value is -3.15. The lowest BCUT2D eigenvalue weighted by atomic mass is 10.0. The number of ether oxygens (including phenoxy) is 3. The van der Waals surface area contributed by atoms with Crippen molar-refractivity contribution in [2.24, 2.45) is 0 Å². The summed E-state index contributed by atoms with van der Waals surface area (Å²) in [6, 6.07) is 0. The second kappa shape index (κ2) is 64.4. The average Bonchev–Trinajstić information content (AvgIpc) is 3.42. The molecule has 0 heterocycles. The van der Waals surface area contributed by atoms with Gasteiger partial charge in [-0.15, -0.1) is 0 Å². The molecule has 0 amide bonds. The molecule has 0 aromatic rings. The van der Waals surface area contributed by atoms with E-state index in [9.17, 15) is 14.4 Å². The normalized spacial score (nSPS) is 12.5. The van der Waals surface area contributed by atoms with Crippen LogP contribution < -0.4 is 0 Å². The van der Waals surface area contributed by atoms with Crippen molar-refractivity contribution in [2.45, 2.75) is 341 Å². The molecule has 0 N–H and O–H groups in total. The third-order valence-electron chi connectivity index (χ3n) is 14.4. The van der Waals surface area contributed by atoms with Crippen LogP contribution in [-0.2, 0) is 28.6 Å². The summed E-state index contributed by atoms with van der Waals surface area (Å²) in [4.78, 5) is 38.4. The maximum atomic E-state index is 12.9. The zero-order valence-electron chi connectivity index (χ0n) is 50.5. The van der Waals surface area contributed by atoms with Crippen molar-refractivity contribution in [3.63, 3.8) is 0 Å². The third kappa shape index (κ3) is 61.7. The Morgan fingerprint density at radius 1 is 0.276 bits per heavy atom. The molecular weight excluding hydrogens is 937 g/mol. The van der Waals surface area contributed by atoms with E-state index in [-0.39, 0.29) is 31.1 Å². The number of hydrogen-bond acceptors (Lipinski definition) is 6. The van der Waals surface area contributed by atoms with E-state index in [1.165, 1.54) is 193 Å². The van der Waals surface area contributed by atoms with E-state index in [0.717, 1.165) is 103 Å². The van der Waals surface area contributed by atoms with Gasteiger partial charge in [0.2, 0.25) is 0 Å². The van der Waals surface area contributed by atoms with Gasteiger partial charge in [0.05, 0.1) is 0 Å². The first-order valence-corrected chi connectivity index (χ1v) is 32.9. The minimum Gasteiger partial charge on any atom is -0.462 e. The van der Waals surface area contributed by atoms with E-state index in [1.54, 1.807) is 0 Å². The molecule has 0 spiro atoms. The number of carbonyl (C=O) groups is 3. The topological polar surface area (TPSA) is 78.9 Å². The Morgan fingerprint density at radius 3 is 0.816 bits per heavy atom. The fraction of sp³-hybridized carbons (Fsp3) is 0.786. The molecule has 0 aliphatic rings.